The van der Waals surface area contributed by atoms with Gasteiger partial charge in [0.1, 0.15) is 0 Å². The molecule has 1 saturated heterocycles. The van der Waals surface area contributed by atoms with Crippen molar-refractivity contribution in [3.8, 4) is 0 Å². The molecule has 0 aromatic carbocycles. The SMILES string of the molecule is CCNC(=NCC1(CCOC)CCCC1)NCC1CN(C)CCN1C.I. The van der Waals surface area contributed by atoms with E-state index in [4.69, 9.17) is 9.73 Å². The smallest absolute Gasteiger partial charge is 0.191 e. The number of guanidine groups is 1. The van der Waals surface area contributed by atoms with Crippen LogP contribution in [0.15, 0.2) is 4.99 Å². The molecule has 0 aromatic heterocycles. The Morgan fingerprint density at radius 1 is 1.19 bits per heavy atom. The predicted molar refractivity (Wildman–Crippen MR) is 121 cm³/mol. The molecule has 2 fully saturated rings. The summed E-state index contributed by atoms with van der Waals surface area (Å²) in [6, 6.07) is 0.538. The number of ether oxygens (including phenoxy) is 1. The molecule has 2 N–H and O–H groups in total. The molecule has 0 bridgehead atoms. The molecule has 0 aromatic rings. The van der Waals surface area contributed by atoms with E-state index in [-0.39, 0.29) is 24.0 Å². The summed E-state index contributed by atoms with van der Waals surface area (Å²) < 4.78 is 5.34. The Labute approximate surface area is 177 Å². The van der Waals surface area contributed by atoms with Gasteiger partial charge in [-0.15, -0.1) is 24.0 Å². The van der Waals surface area contributed by atoms with E-state index in [0.717, 1.165) is 58.3 Å². The minimum Gasteiger partial charge on any atom is -0.385 e. The fraction of sp³-hybridized carbons (Fsp3) is 0.947. The van der Waals surface area contributed by atoms with E-state index < -0.39 is 0 Å². The van der Waals surface area contributed by atoms with E-state index in [1.807, 2.05) is 0 Å². The van der Waals surface area contributed by atoms with Gasteiger partial charge in [-0.1, -0.05) is 12.8 Å². The van der Waals surface area contributed by atoms with Crippen molar-refractivity contribution in [3.63, 3.8) is 0 Å². The maximum atomic E-state index is 5.34. The van der Waals surface area contributed by atoms with Crippen LogP contribution in [0.1, 0.15) is 39.0 Å². The van der Waals surface area contributed by atoms with Gasteiger partial charge in [0.25, 0.3) is 0 Å². The van der Waals surface area contributed by atoms with Gasteiger partial charge in [-0.3, -0.25) is 9.89 Å². The van der Waals surface area contributed by atoms with E-state index in [9.17, 15) is 0 Å². The number of likely N-dealkylation sites (N-methyl/N-ethyl adjacent to an activating group) is 2. The highest BCUT2D eigenvalue weighted by molar-refractivity contribution is 14.0. The molecule has 2 rings (SSSR count). The van der Waals surface area contributed by atoms with E-state index >= 15 is 0 Å². The second-order valence-electron chi connectivity index (χ2n) is 7.92. The average molecular weight is 481 g/mol. The molecule has 1 heterocycles. The van der Waals surface area contributed by atoms with Crippen molar-refractivity contribution < 1.29 is 4.74 Å². The number of nitrogens with zero attached hydrogens (tertiary/aromatic N) is 3. The Kier molecular flexibility index (Phi) is 11.4. The third-order valence-electron chi connectivity index (χ3n) is 5.90. The largest absolute Gasteiger partial charge is 0.385 e. The van der Waals surface area contributed by atoms with Gasteiger partial charge in [-0.2, -0.15) is 0 Å². The maximum Gasteiger partial charge on any atom is 0.191 e. The molecule has 1 unspecified atom stereocenters. The number of nitrogens with one attached hydrogen (secondary N) is 2. The summed E-state index contributed by atoms with van der Waals surface area (Å²) in [5, 5.41) is 7.00. The van der Waals surface area contributed by atoms with Crippen molar-refractivity contribution in [2.75, 3.05) is 67.1 Å². The maximum absolute atomic E-state index is 5.34. The first-order chi connectivity index (χ1) is 12.1. The number of piperazine rings is 1. The summed E-state index contributed by atoms with van der Waals surface area (Å²) in [6.45, 7) is 9.13. The van der Waals surface area contributed by atoms with E-state index in [0.29, 0.717) is 11.5 Å². The van der Waals surface area contributed by atoms with Crippen LogP contribution in [0, 0.1) is 5.41 Å². The highest BCUT2D eigenvalue weighted by atomic mass is 127. The Balaban J connectivity index is 0.00000338. The predicted octanol–water partition coefficient (Wildman–Crippen LogP) is 2.00. The molecule has 26 heavy (non-hydrogen) atoms. The van der Waals surface area contributed by atoms with Gasteiger partial charge < -0.3 is 20.3 Å². The highest BCUT2D eigenvalue weighted by Gasteiger charge is 2.33. The molecule has 1 atom stereocenters. The Bertz CT molecular complexity index is 415. The highest BCUT2D eigenvalue weighted by Crippen LogP contribution is 2.41. The van der Waals surface area contributed by atoms with E-state index in [1.165, 1.54) is 25.7 Å². The van der Waals surface area contributed by atoms with Crippen LogP contribution in [0.4, 0.5) is 0 Å². The molecule has 1 aliphatic heterocycles. The van der Waals surface area contributed by atoms with Gasteiger partial charge in [-0.05, 0) is 45.7 Å². The van der Waals surface area contributed by atoms with Crippen LogP contribution in [-0.4, -0.2) is 88.9 Å². The van der Waals surface area contributed by atoms with Crippen LogP contribution >= 0.6 is 24.0 Å². The minimum absolute atomic E-state index is 0. The Morgan fingerprint density at radius 2 is 1.92 bits per heavy atom. The Morgan fingerprint density at radius 3 is 2.58 bits per heavy atom. The van der Waals surface area contributed by atoms with Crippen LogP contribution in [0.5, 0.6) is 0 Å². The first kappa shape index (κ1) is 23.9. The number of rotatable bonds is 8. The van der Waals surface area contributed by atoms with Crippen LogP contribution in [-0.2, 0) is 4.74 Å². The molecule has 0 spiro atoms. The fourth-order valence-corrected chi connectivity index (χ4v) is 4.06. The third-order valence-corrected chi connectivity index (χ3v) is 5.90. The lowest BCUT2D eigenvalue weighted by Gasteiger charge is -2.38. The lowest BCUT2D eigenvalue weighted by atomic mass is 9.83. The molecular formula is C19H40IN5O. The van der Waals surface area contributed by atoms with Crippen LogP contribution in [0.3, 0.4) is 0 Å². The van der Waals surface area contributed by atoms with Crippen molar-refractivity contribution in [3.05, 3.63) is 0 Å². The van der Waals surface area contributed by atoms with Crippen molar-refractivity contribution in [1.29, 1.82) is 0 Å². The molecule has 1 aliphatic carbocycles. The minimum atomic E-state index is 0. The van der Waals surface area contributed by atoms with Crippen LogP contribution in [0.25, 0.3) is 0 Å². The summed E-state index contributed by atoms with van der Waals surface area (Å²) in [5.41, 5.74) is 0.347. The number of hydrogen-bond acceptors (Lipinski definition) is 4. The van der Waals surface area contributed by atoms with E-state index in [2.05, 4.69) is 41.5 Å². The molecule has 0 radical (unpaired) electrons. The van der Waals surface area contributed by atoms with E-state index in [1.54, 1.807) is 7.11 Å². The standard InChI is InChI=1S/C19H39N5O.HI/c1-5-20-18(21-14-17-15-23(2)11-12-24(17)3)22-16-19(10-13-25-4)8-6-7-9-19;/h17H,5-16H2,1-4H3,(H2,20,21,22);1H. The molecule has 7 heteroatoms. The molecule has 1 saturated carbocycles. The zero-order chi connectivity index (χ0) is 18.1. The summed E-state index contributed by atoms with van der Waals surface area (Å²) in [5.74, 6) is 0.966. The first-order valence-corrected chi connectivity index (χ1v) is 9.98. The number of halogens is 1. The third kappa shape index (κ3) is 7.48. The van der Waals surface area contributed by atoms with Crippen molar-refractivity contribution in [2.45, 2.75) is 45.1 Å². The van der Waals surface area contributed by atoms with Gasteiger partial charge in [0.05, 0.1) is 0 Å². The fourth-order valence-electron chi connectivity index (χ4n) is 4.06. The van der Waals surface area contributed by atoms with Gasteiger partial charge in [0.15, 0.2) is 5.96 Å². The number of methoxy groups -OCH3 is 1. The molecule has 0 amide bonds. The lowest BCUT2D eigenvalue weighted by molar-refractivity contribution is 0.116. The number of hydrogen-bond donors (Lipinski definition) is 2. The molecule has 2 aliphatic rings. The molecule has 6 nitrogen and oxygen atoms in total. The van der Waals surface area contributed by atoms with Crippen molar-refractivity contribution in [2.24, 2.45) is 10.4 Å². The zero-order valence-corrected chi connectivity index (χ0v) is 19.6. The normalized spacial score (nSPS) is 24.3. The van der Waals surface area contributed by atoms with Crippen LogP contribution < -0.4 is 10.6 Å². The lowest BCUT2D eigenvalue weighted by Crippen LogP contribution is -2.55. The zero-order valence-electron chi connectivity index (χ0n) is 17.2. The second kappa shape index (κ2) is 12.4. The van der Waals surface area contributed by atoms with Gasteiger partial charge in [0, 0.05) is 59.0 Å². The first-order valence-electron chi connectivity index (χ1n) is 9.98. The summed E-state index contributed by atoms with van der Waals surface area (Å²) in [6.07, 6.45) is 6.37. The van der Waals surface area contributed by atoms with Gasteiger partial charge >= 0.3 is 0 Å². The summed E-state index contributed by atoms with van der Waals surface area (Å²) >= 11 is 0. The number of aliphatic imine (C=N–C) groups is 1. The average Bonchev–Trinajstić information content (AvgIpc) is 3.07. The van der Waals surface area contributed by atoms with Crippen LogP contribution in [0.2, 0.25) is 0 Å². The van der Waals surface area contributed by atoms with Gasteiger partial charge in [-0.25, -0.2) is 0 Å². The topological polar surface area (TPSA) is 52.1 Å². The van der Waals surface area contributed by atoms with Crippen molar-refractivity contribution >= 4 is 29.9 Å². The Hall–Kier alpha value is -0.120. The molecular weight excluding hydrogens is 441 g/mol. The van der Waals surface area contributed by atoms with Gasteiger partial charge in [0.2, 0.25) is 0 Å². The second-order valence-corrected chi connectivity index (χ2v) is 7.92. The monoisotopic (exact) mass is 481 g/mol. The molecule has 154 valence electrons. The van der Waals surface area contributed by atoms with Crippen molar-refractivity contribution in [1.82, 2.24) is 20.4 Å². The summed E-state index contributed by atoms with van der Waals surface area (Å²) in [4.78, 5) is 9.82. The summed E-state index contributed by atoms with van der Waals surface area (Å²) in [7, 11) is 6.23. The quantitative estimate of drug-likeness (QED) is 0.316.